The summed E-state index contributed by atoms with van der Waals surface area (Å²) in [6, 6.07) is 6.93. The van der Waals surface area contributed by atoms with Gasteiger partial charge in [0.1, 0.15) is 5.75 Å². The number of para-hydroxylation sites is 1. The molecular formula is C13H20N2O2. The van der Waals surface area contributed by atoms with Gasteiger partial charge in [-0.3, -0.25) is 4.79 Å². The topological polar surface area (TPSA) is 66.6 Å². The van der Waals surface area contributed by atoms with Crippen LogP contribution in [0.2, 0.25) is 0 Å². The Morgan fingerprint density at radius 2 is 2.12 bits per heavy atom. The lowest BCUT2D eigenvalue weighted by Gasteiger charge is -2.26. The molecule has 1 atom stereocenters. The smallest absolute Gasteiger partial charge is 0.222 e. The number of benzene rings is 1. The SMILES string of the molecule is CC(c1ccccc1O)N(C)C(=O)CCCN. The summed E-state index contributed by atoms with van der Waals surface area (Å²) in [5.41, 5.74) is 6.14. The van der Waals surface area contributed by atoms with Crippen LogP contribution >= 0.6 is 0 Å². The molecule has 0 saturated heterocycles. The highest BCUT2D eigenvalue weighted by atomic mass is 16.3. The van der Waals surface area contributed by atoms with Gasteiger partial charge in [0, 0.05) is 19.0 Å². The van der Waals surface area contributed by atoms with Crippen LogP contribution in [0.3, 0.4) is 0 Å². The fourth-order valence-electron chi connectivity index (χ4n) is 1.70. The van der Waals surface area contributed by atoms with Gasteiger partial charge in [0.2, 0.25) is 5.91 Å². The van der Waals surface area contributed by atoms with Crippen molar-refractivity contribution >= 4 is 5.91 Å². The van der Waals surface area contributed by atoms with E-state index in [2.05, 4.69) is 0 Å². The van der Waals surface area contributed by atoms with Crippen molar-refractivity contribution < 1.29 is 9.90 Å². The van der Waals surface area contributed by atoms with Crippen LogP contribution in [0.5, 0.6) is 5.75 Å². The van der Waals surface area contributed by atoms with Crippen molar-refractivity contribution in [3.63, 3.8) is 0 Å². The van der Waals surface area contributed by atoms with Gasteiger partial charge in [-0.15, -0.1) is 0 Å². The highest BCUT2D eigenvalue weighted by molar-refractivity contribution is 5.76. The molecule has 0 fully saturated rings. The van der Waals surface area contributed by atoms with Crippen molar-refractivity contribution in [2.45, 2.75) is 25.8 Å². The maximum Gasteiger partial charge on any atom is 0.222 e. The predicted octanol–water partition coefficient (Wildman–Crippen LogP) is 1.65. The van der Waals surface area contributed by atoms with E-state index in [1.54, 1.807) is 24.1 Å². The molecule has 4 nitrogen and oxygen atoms in total. The molecule has 1 unspecified atom stereocenters. The maximum absolute atomic E-state index is 11.8. The van der Waals surface area contributed by atoms with E-state index in [0.29, 0.717) is 19.4 Å². The number of carbonyl (C=O) groups is 1. The second kappa shape index (κ2) is 6.25. The summed E-state index contributed by atoms with van der Waals surface area (Å²) in [5.74, 6) is 0.268. The zero-order chi connectivity index (χ0) is 12.8. The quantitative estimate of drug-likeness (QED) is 0.817. The highest BCUT2D eigenvalue weighted by Gasteiger charge is 2.18. The first-order chi connectivity index (χ1) is 8.07. The van der Waals surface area contributed by atoms with Crippen LogP contribution in [-0.2, 0) is 4.79 Å². The first kappa shape index (κ1) is 13.5. The summed E-state index contributed by atoms with van der Waals surface area (Å²) in [5, 5.41) is 9.73. The molecule has 0 spiro atoms. The van der Waals surface area contributed by atoms with Crippen molar-refractivity contribution in [1.82, 2.24) is 4.90 Å². The fraction of sp³-hybridized carbons (Fsp3) is 0.462. The van der Waals surface area contributed by atoms with E-state index in [1.807, 2.05) is 19.1 Å². The van der Waals surface area contributed by atoms with E-state index in [0.717, 1.165) is 5.56 Å². The molecule has 1 aromatic rings. The van der Waals surface area contributed by atoms with Gasteiger partial charge in [0.15, 0.2) is 0 Å². The molecule has 0 aromatic heterocycles. The Kier molecular flexibility index (Phi) is 4.97. The van der Waals surface area contributed by atoms with E-state index < -0.39 is 0 Å². The molecule has 0 saturated carbocycles. The molecule has 1 amide bonds. The third-order valence-corrected chi connectivity index (χ3v) is 2.96. The molecule has 3 N–H and O–H groups in total. The minimum Gasteiger partial charge on any atom is -0.508 e. The van der Waals surface area contributed by atoms with Crippen LogP contribution in [0.1, 0.15) is 31.4 Å². The predicted molar refractivity (Wildman–Crippen MR) is 67.6 cm³/mol. The normalized spacial score (nSPS) is 12.2. The van der Waals surface area contributed by atoms with Crippen LogP contribution in [0.4, 0.5) is 0 Å². The number of nitrogens with zero attached hydrogens (tertiary/aromatic N) is 1. The summed E-state index contributed by atoms with van der Waals surface area (Å²) >= 11 is 0. The first-order valence-electron chi connectivity index (χ1n) is 5.81. The zero-order valence-corrected chi connectivity index (χ0v) is 10.4. The lowest BCUT2D eigenvalue weighted by Crippen LogP contribution is -2.29. The summed E-state index contributed by atoms with van der Waals surface area (Å²) in [6.07, 6.45) is 1.14. The van der Waals surface area contributed by atoms with Gasteiger partial charge < -0.3 is 15.7 Å². The van der Waals surface area contributed by atoms with Gasteiger partial charge >= 0.3 is 0 Å². The van der Waals surface area contributed by atoms with Crippen molar-refractivity contribution in [2.24, 2.45) is 5.73 Å². The Hall–Kier alpha value is -1.55. The minimum atomic E-state index is -0.138. The molecule has 94 valence electrons. The summed E-state index contributed by atoms with van der Waals surface area (Å²) < 4.78 is 0. The average Bonchev–Trinajstić information content (AvgIpc) is 2.34. The standard InChI is InChI=1S/C13H20N2O2/c1-10(11-6-3-4-7-12(11)16)15(2)13(17)8-5-9-14/h3-4,6-7,10,16H,5,8-9,14H2,1-2H3. The fourth-order valence-corrected chi connectivity index (χ4v) is 1.70. The molecule has 1 aromatic carbocycles. The number of aromatic hydroxyl groups is 1. The lowest BCUT2D eigenvalue weighted by atomic mass is 10.1. The van der Waals surface area contributed by atoms with E-state index >= 15 is 0 Å². The second-order valence-electron chi connectivity index (χ2n) is 4.13. The van der Waals surface area contributed by atoms with Gasteiger partial charge in [-0.05, 0) is 26.0 Å². The molecule has 0 aliphatic carbocycles. The van der Waals surface area contributed by atoms with Crippen LogP contribution in [0.15, 0.2) is 24.3 Å². The third-order valence-electron chi connectivity index (χ3n) is 2.96. The molecular weight excluding hydrogens is 216 g/mol. The first-order valence-corrected chi connectivity index (χ1v) is 5.81. The number of rotatable bonds is 5. The molecule has 0 radical (unpaired) electrons. The Balaban J connectivity index is 2.72. The number of hydrogen-bond donors (Lipinski definition) is 2. The van der Waals surface area contributed by atoms with Gasteiger partial charge in [0.05, 0.1) is 6.04 Å². The molecule has 17 heavy (non-hydrogen) atoms. The third kappa shape index (κ3) is 3.46. The van der Waals surface area contributed by atoms with Crippen molar-refractivity contribution in [1.29, 1.82) is 0 Å². The molecule has 1 rings (SSSR count). The van der Waals surface area contributed by atoms with Crippen molar-refractivity contribution in [3.8, 4) is 5.75 Å². The van der Waals surface area contributed by atoms with Gasteiger partial charge in [0.25, 0.3) is 0 Å². The summed E-state index contributed by atoms with van der Waals surface area (Å²) in [6.45, 7) is 2.42. The molecule has 4 heteroatoms. The van der Waals surface area contributed by atoms with E-state index in [9.17, 15) is 9.90 Å². The van der Waals surface area contributed by atoms with Crippen molar-refractivity contribution in [3.05, 3.63) is 29.8 Å². The summed E-state index contributed by atoms with van der Waals surface area (Å²) in [7, 11) is 1.75. The highest BCUT2D eigenvalue weighted by Crippen LogP contribution is 2.27. The number of phenolic OH excluding ortho intramolecular Hbond substituents is 1. The number of phenols is 1. The minimum absolute atomic E-state index is 0.0474. The maximum atomic E-state index is 11.8. The van der Waals surface area contributed by atoms with E-state index in [4.69, 9.17) is 5.73 Å². The monoisotopic (exact) mass is 236 g/mol. The Bertz CT molecular complexity index is 379. The molecule has 0 aliphatic heterocycles. The number of hydrogen-bond acceptors (Lipinski definition) is 3. The molecule has 0 bridgehead atoms. The average molecular weight is 236 g/mol. The van der Waals surface area contributed by atoms with Crippen LogP contribution in [0, 0.1) is 0 Å². The van der Waals surface area contributed by atoms with Gasteiger partial charge in [-0.25, -0.2) is 0 Å². The Morgan fingerprint density at radius 3 is 2.71 bits per heavy atom. The number of carbonyl (C=O) groups excluding carboxylic acids is 1. The Morgan fingerprint density at radius 1 is 1.47 bits per heavy atom. The molecule has 0 heterocycles. The number of nitrogens with two attached hydrogens (primary N) is 1. The zero-order valence-electron chi connectivity index (χ0n) is 10.4. The second-order valence-corrected chi connectivity index (χ2v) is 4.13. The van der Waals surface area contributed by atoms with Crippen molar-refractivity contribution in [2.75, 3.05) is 13.6 Å². The Labute approximate surface area is 102 Å². The summed E-state index contributed by atoms with van der Waals surface area (Å²) in [4.78, 5) is 13.5. The molecule has 0 aliphatic rings. The van der Waals surface area contributed by atoms with Crippen LogP contribution in [-0.4, -0.2) is 29.5 Å². The number of amides is 1. The lowest BCUT2D eigenvalue weighted by molar-refractivity contribution is -0.131. The van der Waals surface area contributed by atoms with Gasteiger partial charge in [-0.1, -0.05) is 18.2 Å². The van der Waals surface area contributed by atoms with Crippen LogP contribution < -0.4 is 5.73 Å². The largest absolute Gasteiger partial charge is 0.508 e. The van der Waals surface area contributed by atoms with Crippen LogP contribution in [0.25, 0.3) is 0 Å². The van der Waals surface area contributed by atoms with E-state index in [1.165, 1.54) is 0 Å². The van der Waals surface area contributed by atoms with E-state index in [-0.39, 0.29) is 17.7 Å². The van der Waals surface area contributed by atoms with Gasteiger partial charge in [-0.2, -0.15) is 0 Å².